The van der Waals surface area contributed by atoms with Gasteiger partial charge < -0.3 is 23.9 Å². The van der Waals surface area contributed by atoms with Crippen LogP contribution >= 0.6 is 0 Å². The minimum atomic E-state index is -0.0466. The highest BCUT2D eigenvalue weighted by molar-refractivity contribution is 5.91. The van der Waals surface area contributed by atoms with E-state index in [0.717, 1.165) is 56.6 Å². The lowest BCUT2D eigenvalue weighted by molar-refractivity contribution is 0.0735. The molecule has 0 spiro atoms. The number of carbonyl (C=O) groups is 1. The molecule has 2 aromatic rings. The normalized spacial score (nSPS) is 18.5. The van der Waals surface area contributed by atoms with Gasteiger partial charge in [-0.15, -0.1) is 0 Å². The highest BCUT2D eigenvalue weighted by Gasteiger charge is 2.23. The van der Waals surface area contributed by atoms with Gasteiger partial charge in [0.05, 0.1) is 19.5 Å². The Hall–Kier alpha value is -2.61. The highest BCUT2D eigenvalue weighted by Crippen LogP contribution is 2.20. The Morgan fingerprint density at radius 2 is 1.89 bits per heavy atom. The van der Waals surface area contributed by atoms with Gasteiger partial charge >= 0.3 is 0 Å². The second-order valence-corrected chi connectivity index (χ2v) is 6.88. The van der Waals surface area contributed by atoms with Gasteiger partial charge in [-0.1, -0.05) is 0 Å². The number of hydrogen-bond acceptors (Lipinski definition) is 7. The van der Waals surface area contributed by atoms with Crippen LogP contribution in [-0.4, -0.2) is 73.3 Å². The topological polar surface area (TPSA) is 74.9 Å². The third kappa shape index (κ3) is 4.05. The van der Waals surface area contributed by atoms with Crippen molar-refractivity contribution in [3.05, 3.63) is 35.9 Å². The second kappa shape index (κ2) is 7.96. The first-order valence-corrected chi connectivity index (χ1v) is 9.47. The molecule has 8 heteroatoms. The minimum absolute atomic E-state index is 0.0466. The zero-order chi connectivity index (χ0) is 18.6. The fourth-order valence-electron chi connectivity index (χ4n) is 3.51. The molecule has 0 radical (unpaired) electrons. The SMILES string of the molecule is Cc1cc(N2CCCN(C(=O)c3ccco3)CC2)nc(N2CCOCC2)n1. The molecule has 2 saturated heterocycles. The predicted octanol–water partition coefficient (Wildman–Crippen LogP) is 1.57. The zero-order valence-electron chi connectivity index (χ0n) is 15.6. The predicted molar refractivity (Wildman–Crippen MR) is 101 cm³/mol. The van der Waals surface area contributed by atoms with Crippen molar-refractivity contribution < 1.29 is 13.9 Å². The first kappa shape index (κ1) is 17.8. The summed E-state index contributed by atoms with van der Waals surface area (Å²) in [6.45, 7) is 8.01. The van der Waals surface area contributed by atoms with E-state index in [1.165, 1.54) is 6.26 Å². The van der Waals surface area contributed by atoms with Crippen molar-refractivity contribution >= 4 is 17.7 Å². The molecule has 0 atom stereocenters. The molecule has 0 N–H and O–H groups in total. The number of rotatable bonds is 3. The molecule has 0 unspecified atom stereocenters. The van der Waals surface area contributed by atoms with E-state index in [1.54, 1.807) is 12.1 Å². The maximum absolute atomic E-state index is 12.5. The summed E-state index contributed by atoms with van der Waals surface area (Å²) in [6, 6.07) is 5.48. The summed E-state index contributed by atoms with van der Waals surface area (Å²) in [5.74, 6) is 2.04. The maximum Gasteiger partial charge on any atom is 0.289 e. The largest absolute Gasteiger partial charge is 0.459 e. The number of nitrogens with zero attached hydrogens (tertiary/aromatic N) is 5. The van der Waals surface area contributed by atoms with Crippen LogP contribution in [-0.2, 0) is 4.74 Å². The Balaban J connectivity index is 1.47. The van der Waals surface area contributed by atoms with Crippen LogP contribution in [0.4, 0.5) is 11.8 Å². The van der Waals surface area contributed by atoms with E-state index in [0.29, 0.717) is 25.5 Å². The summed E-state index contributed by atoms with van der Waals surface area (Å²) in [7, 11) is 0. The number of morpholine rings is 1. The minimum Gasteiger partial charge on any atom is -0.459 e. The van der Waals surface area contributed by atoms with Gasteiger partial charge in [-0.3, -0.25) is 4.79 Å². The molecule has 4 heterocycles. The quantitative estimate of drug-likeness (QED) is 0.811. The van der Waals surface area contributed by atoms with Crippen LogP contribution < -0.4 is 9.80 Å². The number of anilines is 2. The van der Waals surface area contributed by atoms with Gasteiger partial charge in [0.15, 0.2) is 5.76 Å². The molecule has 144 valence electrons. The third-order valence-corrected chi connectivity index (χ3v) is 4.96. The summed E-state index contributed by atoms with van der Waals surface area (Å²) in [4.78, 5) is 28.2. The molecule has 0 saturated carbocycles. The van der Waals surface area contributed by atoms with Crippen LogP contribution in [0.15, 0.2) is 28.9 Å². The summed E-state index contributed by atoms with van der Waals surface area (Å²) in [5, 5.41) is 0. The lowest BCUT2D eigenvalue weighted by Gasteiger charge is -2.29. The van der Waals surface area contributed by atoms with E-state index < -0.39 is 0 Å². The Morgan fingerprint density at radius 1 is 1.04 bits per heavy atom. The number of carbonyl (C=O) groups excluding carboxylic acids is 1. The molecule has 2 aliphatic rings. The summed E-state index contributed by atoms with van der Waals surface area (Å²) < 4.78 is 10.7. The number of aryl methyl sites for hydroxylation is 1. The standard InChI is InChI=1S/C19H25N5O3/c1-15-14-17(21-19(20-15)24-9-12-26-13-10-24)22-5-3-6-23(8-7-22)18(25)16-4-2-11-27-16/h2,4,11,14H,3,5-10,12-13H2,1H3. The van der Waals surface area contributed by atoms with Crippen molar-refractivity contribution in [2.24, 2.45) is 0 Å². The van der Waals surface area contributed by atoms with Crippen molar-refractivity contribution in [3.8, 4) is 0 Å². The Labute approximate surface area is 158 Å². The fourth-order valence-corrected chi connectivity index (χ4v) is 3.51. The smallest absolute Gasteiger partial charge is 0.289 e. The van der Waals surface area contributed by atoms with Crippen LogP contribution in [0.2, 0.25) is 0 Å². The average Bonchev–Trinajstić information content (AvgIpc) is 3.12. The molecular formula is C19H25N5O3. The summed E-state index contributed by atoms with van der Waals surface area (Å²) in [6.07, 6.45) is 2.43. The van der Waals surface area contributed by atoms with Gasteiger partial charge in [0, 0.05) is 51.0 Å². The van der Waals surface area contributed by atoms with Gasteiger partial charge in [-0.25, -0.2) is 4.98 Å². The van der Waals surface area contributed by atoms with E-state index in [1.807, 2.05) is 17.9 Å². The van der Waals surface area contributed by atoms with Gasteiger partial charge in [-0.05, 0) is 25.5 Å². The number of aromatic nitrogens is 2. The van der Waals surface area contributed by atoms with E-state index >= 15 is 0 Å². The van der Waals surface area contributed by atoms with Gasteiger partial charge in [-0.2, -0.15) is 4.98 Å². The molecule has 8 nitrogen and oxygen atoms in total. The van der Waals surface area contributed by atoms with Crippen LogP contribution in [0.1, 0.15) is 22.7 Å². The molecule has 0 aromatic carbocycles. The molecule has 2 aliphatic heterocycles. The molecule has 27 heavy (non-hydrogen) atoms. The van der Waals surface area contributed by atoms with E-state index in [-0.39, 0.29) is 5.91 Å². The molecule has 1 amide bonds. The highest BCUT2D eigenvalue weighted by atomic mass is 16.5. The molecule has 0 aliphatic carbocycles. The molecule has 4 rings (SSSR count). The van der Waals surface area contributed by atoms with Crippen molar-refractivity contribution in [3.63, 3.8) is 0 Å². The third-order valence-electron chi connectivity index (χ3n) is 4.96. The number of amides is 1. The molecular weight excluding hydrogens is 346 g/mol. The lowest BCUT2D eigenvalue weighted by atomic mass is 10.3. The average molecular weight is 371 g/mol. The van der Waals surface area contributed by atoms with Gasteiger partial charge in [0.25, 0.3) is 5.91 Å². The first-order chi connectivity index (χ1) is 13.2. The van der Waals surface area contributed by atoms with E-state index in [2.05, 4.69) is 14.8 Å². The van der Waals surface area contributed by atoms with Crippen molar-refractivity contribution in [1.82, 2.24) is 14.9 Å². The fraction of sp³-hybridized carbons (Fsp3) is 0.526. The molecule has 0 bridgehead atoms. The van der Waals surface area contributed by atoms with Crippen molar-refractivity contribution in [1.29, 1.82) is 0 Å². The second-order valence-electron chi connectivity index (χ2n) is 6.88. The summed E-state index contributed by atoms with van der Waals surface area (Å²) in [5.41, 5.74) is 0.953. The van der Waals surface area contributed by atoms with Gasteiger partial charge in [0.1, 0.15) is 5.82 Å². The Morgan fingerprint density at radius 3 is 2.67 bits per heavy atom. The van der Waals surface area contributed by atoms with Crippen LogP contribution in [0.3, 0.4) is 0 Å². The first-order valence-electron chi connectivity index (χ1n) is 9.47. The monoisotopic (exact) mass is 371 g/mol. The Bertz CT molecular complexity index is 774. The van der Waals surface area contributed by atoms with E-state index in [9.17, 15) is 4.79 Å². The number of furan rings is 1. The number of hydrogen-bond donors (Lipinski definition) is 0. The zero-order valence-corrected chi connectivity index (χ0v) is 15.6. The number of ether oxygens (including phenoxy) is 1. The van der Waals surface area contributed by atoms with E-state index in [4.69, 9.17) is 14.1 Å². The summed E-state index contributed by atoms with van der Waals surface area (Å²) >= 11 is 0. The van der Waals surface area contributed by atoms with Crippen LogP contribution in [0.5, 0.6) is 0 Å². The van der Waals surface area contributed by atoms with Crippen molar-refractivity contribution in [2.45, 2.75) is 13.3 Å². The van der Waals surface area contributed by atoms with Gasteiger partial charge in [0.2, 0.25) is 5.95 Å². The van der Waals surface area contributed by atoms with Crippen LogP contribution in [0, 0.1) is 6.92 Å². The molecule has 2 fully saturated rings. The molecule has 2 aromatic heterocycles. The Kier molecular flexibility index (Phi) is 5.24. The van der Waals surface area contributed by atoms with Crippen LogP contribution in [0.25, 0.3) is 0 Å². The maximum atomic E-state index is 12.5. The lowest BCUT2D eigenvalue weighted by Crippen LogP contribution is -2.38. The van der Waals surface area contributed by atoms with Crippen molar-refractivity contribution in [2.75, 3.05) is 62.3 Å².